The first-order valence-electron chi connectivity index (χ1n) is 8.46. The van der Waals surface area contributed by atoms with E-state index in [0.717, 1.165) is 42.9 Å². The number of benzene rings is 1. The molecule has 0 atom stereocenters. The van der Waals surface area contributed by atoms with Gasteiger partial charge in [-0.15, -0.1) is 0 Å². The maximum atomic E-state index is 5.95. The Morgan fingerprint density at radius 2 is 2.21 bits per heavy atom. The summed E-state index contributed by atoms with van der Waals surface area (Å²) in [4.78, 5) is 8.30. The molecular weight excluding hydrogens is 302 g/mol. The Morgan fingerprint density at radius 3 is 2.96 bits per heavy atom. The van der Waals surface area contributed by atoms with Crippen molar-refractivity contribution >= 4 is 5.96 Å². The monoisotopic (exact) mass is 327 g/mol. The quantitative estimate of drug-likeness (QED) is 0.575. The number of hydrogen-bond donors (Lipinski definition) is 2. The van der Waals surface area contributed by atoms with Gasteiger partial charge in [-0.1, -0.05) is 18.2 Å². The van der Waals surface area contributed by atoms with Crippen LogP contribution < -0.4 is 15.4 Å². The zero-order valence-electron chi connectivity index (χ0n) is 14.1. The van der Waals surface area contributed by atoms with Crippen LogP contribution in [0.2, 0.25) is 0 Å². The largest absolute Gasteiger partial charge is 0.493 e. The highest BCUT2D eigenvalue weighted by Gasteiger charge is 2.22. The zero-order valence-corrected chi connectivity index (χ0v) is 14.1. The fourth-order valence-electron chi connectivity index (χ4n) is 2.40. The van der Waals surface area contributed by atoms with Gasteiger partial charge in [0.15, 0.2) is 5.96 Å². The highest BCUT2D eigenvalue weighted by Crippen LogP contribution is 2.30. The van der Waals surface area contributed by atoms with Gasteiger partial charge in [-0.2, -0.15) is 0 Å². The van der Waals surface area contributed by atoms with Crippen LogP contribution in [-0.2, 0) is 13.1 Å². The Kier molecular flexibility index (Phi) is 5.71. The Morgan fingerprint density at radius 1 is 1.33 bits per heavy atom. The second-order valence-corrected chi connectivity index (χ2v) is 6.02. The maximum Gasteiger partial charge on any atom is 0.191 e. The van der Waals surface area contributed by atoms with Crippen molar-refractivity contribution in [3.05, 3.63) is 48.5 Å². The van der Waals surface area contributed by atoms with E-state index in [1.807, 2.05) is 35.3 Å². The predicted molar refractivity (Wildman–Crippen MR) is 95.1 cm³/mol. The summed E-state index contributed by atoms with van der Waals surface area (Å²) in [6.45, 7) is 3.15. The molecule has 0 radical (unpaired) electrons. The van der Waals surface area contributed by atoms with Gasteiger partial charge in [0.05, 0.1) is 12.9 Å². The lowest BCUT2D eigenvalue weighted by atomic mass is 10.2. The van der Waals surface area contributed by atoms with Crippen LogP contribution in [0.5, 0.6) is 5.75 Å². The molecule has 1 saturated carbocycles. The summed E-state index contributed by atoms with van der Waals surface area (Å²) >= 11 is 0. The molecule has 2 aromatic rings. The summed E-state index contributed by atoms with van der Waals surface area (Å²) in [5.41, 5.74) is 1.15. The fourth-order valence-corrected chi connectivity index (χ4v) is 2.40. The summed E-state index contributed by atoms with van der Waals surface area (Å²) in [5, 5.41) is 6.65. The Labute approximate surface area is 143 Å². The molecule has 0 saturated heterocycles. The third-order valence-electron chi connectivity index (χ3n) is 4.04. The van der Waals surface area contributed by atoms with Gasteiger partial charge in [-0.25, -0.2) is 4.98 Å². The van der Waals surface area contributed by atoms with Gasteiger partial charge in [0.2, 0.25) is 0 Å². The Balaban J connectivity index is 1.46. The molecule has 6 nitrogen and oxygen atoms in total. The standard InChI is InChI=1S/C18H25N5O/c1-19-18(21-9-11-23-10-8-20-14-23)22-12-16-4-2-3-5-17(16)24-13-15-6-7-15/h2-5,8,10,14-15H,6-7,9,11-13H2,1H3,(H2,19,21,22). The molecule has 2 N–H and O–H groups in total. The molecule has 1 aliphatic carbocycles. The maximum absolute atomic E-state index is 5.95. The topological polar surface area (TPSA) is 63.5 Å². The second-order valence-electron chi connectivity index (χ2n) is 6.02. The SMILES string of the molecule is CN=C(NCCn1ccnc1)NCc1ccccc1OCC1CC1. The average molecular weight is 327 g/mol. The third-order valence-corrected chi connectivity index (χ3v) is 4.04. The Hall–Kier alpha value is -2.50. The zero-order chi connectivity index (χ0) is 16.6. The van der Waals surface area contributed by atoms with E-state index in [4.69, 9.17) is 4.74 Å². The lowest BCUT2D eigenvalue weighted by Gasteiger charge is -2.15. The van der Waals surface area contributed by atoms with Crippen molar-refractivity contribution in [3.63, 3.8) is 0 Å². The molecule has 1 aliphatic rings. The number of imidazole rings is 1. The molecule has 6 heteroatoms. The Bertz CT molecular complexity index is 649. The lowest BCUT2D eigenvalue weighted by molar-refractivity contribution is 0.296. The highest BCUT2D eigenvalue weighted by molar-refractivity contribution is 5.79. The minimum atomic E-state index is 0.686. The van der Waals surface area contributed by atoms with Crippen LogP contribution in [0.15, 0.2) is 48.0 Å². The molecule has 1 aromatic heterocycles. The molecule has 0 unspecified atom stereocenters. The number of aliphatic imine (C=N–C) groups is 1. The highest BCUT2D eigenvalue weighted by atomic mass is 16.5. The molecule has 128 valence electrons. The van der Waals surface area contributed by atoms with Crippen molar-refractivity contribution in [1.29, 1.82) is 0 Å². The van der Waals surface area contributed by atoms with Crippen LogP contribution in [0, 0.1) is 5.92 Å². The molecule has 24 heavy (non-hydrogen) atoms. The van der Waals surface area contributed by atoms with E-state index in [1.54, 1.807) is 13.2 Å². The summed E-state index contributed by atoms with van der Waals surface area (Å²) in [5.74, 6) is 2.50. The normalized spacial score (nSPS) is 14.5. The number of para-hydroxylation sites is 1. The van der Waals surface area contributed by atoms with Crippen LogP contribution in [0.3, 0.4) is 0 Å². The van der Waals surface area contributed by atoms with Crippen LogP contribution >= 0.6 is 0 Å². The molecule has 1 heterocycles. The van der Waals surface area contributed by atoms with Crippen LogP contribution in [-0.4, -0.2) is 35.7 Å². The third kappa shape index (κ3) is 5.01. The molecule has 0 amide bonds. The van der Waals surface area contributed by atoms with Crippen LogP contribution in [0.4, 0.5) is 0 Å². The number of guanidine groups is 1. The van der Waals surface area contributed by atoms with Gasteiger partial charge in [-0.05, 0) is 24.8 Å². The van der Waals surface area contributed by atoms with Gasteiger partial charge < -0.3 is 19.9 Å². The van der Waals surface area contributed by atoms with Crippen molar-refractivity contribution in [2.45, 2.75) is 25.9 Å². The van der Waals surface area contributed by atoms with Gasteiger partial charge in [0.1, 0.15) is 5.75 Å². The van der Waals surface area contributed by atoms with E-state index < -0.39 is 0 Å². The van der Waals surface area contributed by atoms with Crippen LogP contribution in [0.25, 0.3) is 0 Å². The van der Waals surface area contributed by atoms with Crippen LogP contribution in [0.1, 0.15) is 18.4 Å². The van der Waals surface area contributed by atoms with Crippen molar-refractivity contribution in [2.75, 3.05) is 20.2 Å². The summed E-state index contributed by atoms with van der Waals surface area (Å²) in [6, 6.07) is 8.18. The molecule has 0 bridgehead atoms. The van der Waals surface area contributed by atoms with Gasteiger partial charge in [0, 0.05) is 44.6 Å². The number of nitrogens with one attached hydrogen (secondary N) is 2. The first-order valence-corrected chi connectivity index (χ1v) is 8.46. The lowest BCUT2D eigenvalue weighted by Crippen LogP contribution is -2.38. The van der Waals surface area contributed by atoms with E-state index in [-0.39, 0.29) is 0 Å². The van der Waals surface area contributed by atoms with Crippen molar-refractivity contribution < 1.29 is 4.74 Å². The second kappa shape index (κ2) is 8.38. The number of ether oxygens (including phenoxy) is 1. The average Bonchev–Trinajstić information content (AvgIpc) is 3.30. The van der Waals surface area contributed by atoms with E-state index in [1.165, 1.54) is 12.8 Å². The number of hydrogen-bond acceptors (Lipinski definition) is 3. The number of rotatable bonds is 8. The van der Waals surface area contributed by atoms with E-state index in [0.29, 0.717) is 6.54 Å². The number of aromatic nitrogens is 2. The summed E-state index contributed by atoms with van der Waals surface area (Å²) in [7, 11) is 1.78. The first kappa shape index (κ1) is 16.4. The minimum Gasteiger partial charge on any atom is -0.493 e. The summed E-state index contributed by atoms with van der Waals surface area (Å²) < 4.78 is 7.98. The molecule has 3 rings (SSSR count). The predicted octanol–water partition coefficient (Wildman–Crippen LogP) is 2.04. The van der Waals surface area contributed by atoms with E-state index in [9.17, 15) is 0 Å². The molecular formula is C18H25N5O. The van der Waals surface area contributed by atoms with Gasteiger partial charge in [-0.3, -0.25) is 4.99 Å². The first-order chi connectivity index (χ1) is 11.8. The van der Waals surface area contributed by atoms with Crippen molar-refractivity contribution in [1.82, 2.24) is 20.2 Å². The smallest absolute Gasteiger partial charge is 0.191 e. The van der Waals surface area contributed by atoms with Crippen molar-refractivity contribution in [2.24, 2.45) is 10.9 Å². The molecule has 1 fully saturated rings. The van der Waals surface area contributed by atoms with Gasteiger partial charge >= 0.3 is 0 Å². The molecule has 0 aliphatic heterocycles. The molecule has 0 spiro atoms. The number of nitrogens with zero attached hydrogens (tertiary/aromatic N) is 3. The molecule has 1 aromatic carbocycles. The van der Waals surface area contributed by atoms with E-state index in [2.05, 4.69) is 26.7 Å². The van der Waals surface area contributed by atoms with Crippen molar-refractivity contribution in [3.8, 4) is 5.75 Å². The fraction of sp³-hybridized carbons (Fsp3) is 0.444. The van der Waals surface area contributed by atoms with E-state index >= 15 is 0 Å². The van der Waals surface area contributed by atoms with Gasteiger partial charge in [0.25, 0.3) is 0 Å². The summed E-state index contributed by atoms with van der Waals surface area (Å²) in [6.07, 6.45) is 8.14. The minimum absolute atomic E-state index is 0.686.